The summed E-state index contributed by atoms with van der Waals surface area (Å²) in [7, 11) is -0.169. The van der Waals surface area contributed by atoms with E-state index in [1.54, 1.807) is 13.1 Å². The quantitative estimate of drug-likeness (QED) is 0.367. The number of nitrogens with one attached hydrogen (secondary N) is 2. The van der Waals surface area contributed by atoms with Crippen LogP contribution in [0.15, 0.2) is 29.4 Å². The fourth-order valence-electron chi connectivity index (χ4n) is 3.41. The van der Waals surface area contributed by atoms with E-state index in [1.165, 1.54) is 37.5 Å². The van der Waals surface area contributed by atoms with Gasteiger partial charge in [0, 0.05) is 30.6 Å². The smallest absolute Gasteiger partial charge is 0.266 e. The van der Waals surface area contributed by atoms with E-state index in [2.05, 4.69) is 29.9 Å². The third kappa shape index (κ3) is 4.33. The van der Waals surface area contributed by atoms with Crippen LogP contribution in [-0.4, -0.2) is 59.0 Å². The normalized spacial score (nSPS) is 11.9. The molecule has 0 aliphatic heterocycles. The highest BCUT2D eigenvalue weighted by atomic mass is 35.5. The topological polar surface area (TPSA) is 137 Å². The number of H-pyrrole nitrogens is 1. The molecule has 3 heterocycles. The van der Waals surface area contributed by atoms with Gasteiger partial charge in [0.2, 0.25) is 24.1 Å². The molecule has 0 bridgehead atoms. The minimum absolute atomic E-state index is 0.0849. The average molecular weight is 514 g/mol. The van der Waals surface area contributed by atoms with Gasteiger partial charge in [0.1, 0.15) is 10.6 Å². The maximum atomic E-state index is 13.2. The Morgan fingerprint density at radius 1 is 1.21 bits per heavy atom. The molecule has 0 atom stereocenters. The molecule has 11 nitrogen and oxygen atoms in total. The molecule has 4 rings (SSSR count). The van der Waals surface area contributed by atoms with Crippen LogP contribution in [0.1, 0.15) is 5.56 Å². The minimum Gasteiger partial charge on any atom is -0.481 e. The van der Waals surface area contributed by atoms with E-state index in [-0.39, 0.29) is 22.2 Å². The molecule has 2 N–H and O–H groups in total. The van der Waals surface area contributed by atoms with Crippen LogP contribution in [0.25, 0.3) is 22.2 Å². The molecule has 0 aliphatic rings. The summed E-state index contributed by atoms with van der Waals surface area (Å²) in [6, 6.07) is 3.08. The molecule has 180 valence electrons. The number of hydrogen-bond acceptors (Lipinski definition) is 8. The Kier molecular flexibility index (Phi) is 6.27. The largest absolute Gasteiger partial charge is 0.481 e. The highest BCUT2D eigenvalue weighted by Crippen LogP contribution is 2.36. The van der Waals surface area contributed by atoms with Crippen LogP contribution in [0.2, 0.25) is 5.02 Å². The van der Waals surface area contributed by atoms with E-state index < -0.39 is 28.8 Å². The Hall–Kier alpha value is -3.52. The van der Waals surface area contributed by atoms with Gasteiger partial charge >= 0.3 is 0 Å². The van der Waals surface area contributed by atoms with Crippen LogP contribution in [0, 0.1) is 0 Å². The van der Waals surface area contributed by atoms with E-state index >= 15 is 0 Å². The first-order valence-corrected chi connectivity index (χ1v) is 11.5. The number of benzene rings is 1. The van der Waals surface area contributed by atoms with Gasteiger partial charge in [-0.25, -0.2) is 21.9 Å². The summed E-state index contributed by atoms with van der Waals surface area (Å²) in [6.45, 7) is 0. The highest BCUT2D eigenvalue weighted by Gasteiger charge is 2.26. The number of sulfonamides is 1. The summed E-state index contributed by atoms with van der Waals surface area (Å²) in [6.07, 6.45) is -0.659. The van der Waals surface area contributed by atoms with Gasteiger partial charge < -0.3 is 14.5 Å². The first-order valence-electron chi connectivity index (χ1n) is 9.60. The maximum absolute atomic E-state index is 13.2. The van der Waals surface area contributed by atoms with Crippen molar-refractivity contribution < 1.29 is 26.7 Å². The Morgan fingerprint density at radius 3 is 2.44 bits per heavy atom. The third-order valence-corrected chi connectivity index (χ3v) is 6.50. The van der Waals surface area contributed by atoms with Gasteiger partial charge in [-0.2, -0.15) is 25.0 Å². The van der Waals surface area contributed by atoms with E-state index in [9.17, 15) is 17.2 Å². The number of halogens is 3. The fraction of sp³-hybridized carbons (Fsp3) is 0.263. The standard InChI is InChI=1S/C19H18ClF2N7O4S/c1-29-24-7-12(27-29)15-11(20)5-4-9-13(8-23-16(9)15)34(30,31)28-19-25-17(32-2)10(6-14(21)22)18(26-19)33-3/h4-5,7-8,14,23H,6H2,1-3H3,(H,25,26,28). The van der Waals surface area contributed by atoms with Crippen LogP contribution in [0.5, 0.6) is 11.8 Å². The monoisotopic (exact) mass is 513 g/mol. The van der Waals surface area contributed by atoms with Crippen LogP contribution in [0.3, 0.4) is 0 Å². The van der Waals surface area contributed by atoms with Gasteiger partial charge in [-0.15, -0.1) is 0 Å². The number of anilines is 1. The molecule has 0 saturated heterocycles. The molecule has 0 fully saturated rings. The number of aromatic amines is 1. The first kappa shape index (κ1) is 23.6. The zero-order valence-electron chi connectivity index (χ0n) is 18.0. The number of hydrogen-bond donors (Lipinski definition) is 2. The van der Waals surface area contributed by atoms with Gasteiger partial charge in [-0.3, -0.25) is 0 Å². The SMILES string of the molecule is COc1nc(NS(=O)(=O)c2c[nH]c3c(-c4cnn(C)n4)c(Cl)ccc23)nc(OC)c1CC(F)F. The molecule has 4 aromatic rings. The lowest BCUT2D eigenvalue weighted by molar-refractivity contribution is 0.146. The van der Waals surface area contributed by atoms with Crippen LogP contribution < -0.4 is 14.2 Å². The molecule has 0 spiro atoms. The third-order valence-electron chi connectivity index (χ3n) is 4.81. The summed E-state index contributed by atoms with van der Waals surface area (Å²) >= 11 is 6.35. The predicted molar refractivity (Wildman–Crippen MR) is 119 cm³/mol. The van der Waals surface area contributed by atoms with Crippen molar-refractivity contribution in [3.05, 3.63) is 35.1 Å². The predicted octanol–water partition coefficient (Wildman–Crippen LogP) is 3.03. The lowest BCUT2D eigenvalue weighted by Gasteiger charge is -2.13. The lowest BCUT2D eigenvalue weighted by atomic mass is 10.1. The molecule has 0 aliphatic carbocycles. The summed E-state index contributed by atoms with van der Waals surface area (Å²) in [5.41, 5.74) is 1.27. The van der Waals surface area contributed by atoms with Crippen molar-refractivity contribution >= 4 is 38.5 Å². The summed E-state index contributed by atoms with van der Waals surface area (Å²) in [4.78, 5) is 12.0. The van der Waals surface area contributed by atoms with Crippen molar-refractivity contribution in [3.8, 4) is 23.0 Å². The number of methoxy groups -OCH3 is 2. The molecule has 0 radical (unpaired) electrons. The van der Waals surface area contributed by atoms with Crippen molar-refractivity contribution in [2.24, 2.45) is 7.05 Å². The molecule has 34 heavy (non-hydrogen) atoms. The average Bonchev–Trinajstić information content (AvgIpc) is 3.40. The Morgan fingerprint density at radius 2 is 1.88 bits per heavy atom. The van der Waals surface area contributed by atoms with Crippen molar-refractivity contribution in [1.82, 2.24) is 29.9 Å². The van der Waals surface area contributed by atoms with E-state index in [1.807, 2.05) is 0 Å². The fourth-order valence-corrected chi connectivity index (χ4v) is 4.78. The van der Waals surface area contributed by atoms with E-state index in [4.69, 9.17) is 21.1 Å². The molecular formula is C19H18ClF2N7O4S. The second kappa shape index (κ2) is 9.02. The number of rotatable bonds is 8. The van der Waals surface area contributed by atoms with E-state index in [0.29, 0.717) is 27.2 Å². The second-order valence-corrected chi connectivity index (χ2v) is 9.02. The molecule has 0 amide bonds. The van der Waals surface area contributed by atoms with Crippen LogP contribution in [-0.2, 0) is 23.5 Å². The Bertz CT molecular complexity index is 1450. The molecule has 3 aromatic heterocycles. The van der Waals surface area contributed by atoms with Crippen LogP contribution >= 0.6 is 11.6 Å². The zero-order valence-corrected chi connectivity index (χ0v) is 19.6. The number of nitrogens with zero attached hydrogens (tertiary/aromatic N) is 5. The van der Waals surface area contributed by atoms with Gasteiger partial charge in [0.15, 0.2) is 0 Å². The van der Waals surface area contributed by atoms with Crippen LogP contribution in [0.4, 0.5) is 14.7 Å². The summed E-state index contributed by atoms with van der Waals surface area (Å²) in [5, 5.41) is 8.93. The Balaban J connectivity index is 1.77. The number of ether oxygens (including phenoxy) is 2. The molecular weight excluding hydrogens is 496 g/mol. The van der Waals surface area contributed by atoms with Gasteiger partial charge in [-0.1, -0.05) is 11.6 Å². The van der Waals surface area contributed by atoms with Gasteiger partial charge in [0.25, 0.3) is 10.0 Å². The number of alkyl halides is 2. The minimum atomic E-state index is -4.24. The molecule has 0 unspecified atom stereocenters. The molecule has 0 saturated carbocycles. The lowest BCUT2D eigenvalue weighted by Crippen LogP contribution is -2.16. The second-order valence-electron chi connectivity index (χ2n) is 6.96. The summed E-state index contributed by atoms with van der Waals surface area (Å²) in [5.74, 6) is -0.884. The van der Waals surface area contributed by atoms with Gasteiger partial charge in [0.05, 0.1) is 36.5 Å². The van der Waals surface area contributed by atoms with Gasteiger partial charge in [-0.05, 0) is 12.1 Å². The molecule has 15 heteroatoms. The number of aromatic nitrogens is 6. The first-order chi connectivity index (χ1) is 16.1. The summed E-state index contributed by atoms with van der Waals surface area (Å²) < 4.78 is 64.6. The van der Waals surface area contributed by atoms with Crippen molar-refractivity contribution in [2.45, 2.75) is 17.7 Å². The van der Waals surface area contributed by atoms with Crippen molar-refractivity contribution in [1.29, 1.82) is 0 Å². The molecule has 1 aromatic carbocycles. The number of fused-ring (bicyclic) bond motifs is 1. The zero-order chi connectivity index (χ0) is 24.6. The van der Waals surface area contributed by atoms with Crippen molar-refractivity contribution in [3.63, 3.8) is 0 Å². The maximum Gasteiger partial charge on any atom is 0.266 e. The Labute approximate surface area is 197 Å². The van der Waals surface area contributed by atoms with E-state index in [0.717, 1.165) is 0 Å². The highest BCUT2D eigenvalue weighted by molar-refractivity contribution is 7.93. The number of aryl methyl sites for hydroxylation is 1. The van der Waals surface area contributed by atoms with Crippen molar-refractivity contribution in [2.75, 3.05) is 18.9 Å².